The highest BCUT2D eigenvalue weighted by Gasteiger charge is 2.30. The number of rotatable bonds is 76. The van der Waals surface area contributed by atoms with Crippen molar-refractivity contribution in [1.82, 2.24) is 0 Å². The number of hydrogen-bond donors (Lipinski definition) is 3. The van der Waals surface area contributed by atoms with Crippen molar-refractivity contribution in [3.63, 3.8) is 0 Å². The molecule has 0 fully saturated rings. The predicted molar refractivity (Wildman–Crippen MR) is 400 cm³/mol. The third kappa shape index (κ3) is 71.4. The number of phosphoric ester groups is 2. The molecular formula is C79H146O17P2. The Kier molecular flexibility index (Phi) is 70.2. The second kappa shape index (κ2) is 72.4. The molecule has 0 rings (SSSR count). The molecule has 0 aliphatic rings. The number of ether oxygens (including phenoxy) is 4. The van der Waals surface area contributed by atoms with E-state index in [1.165, 1.54) is 154 Å². The summed E-state index contributed by atoms with van der Waals surface area (Å²) in [5.41, 5.74) is 0. The van der Waals surface area contributed by atoms with Gasteiger partial charge in [0.2, 0.25) is 0 Å². The summed E-state index contributed by atoms with van der Waals surface area (Å²) in [4.78, 5) is 72.9. The lowest BCUT2D eigenvalue weighted by Crippen LogP contribution is -2.30. The topological polar surface area (TPSA) is 237 Å². The van der Waals surface area contributed by atoms with E-state index in [4.69, 9.17) is 37.0 Å². The molecule has 3 N–H and O–H groups in total. The third-order valence-electron chi connectivity index (χ3n) is 17.3. The van der Waals surface area contributed by atoms with Crippen molar-refractivity contribution < 1.29 is 80.2 Å². The van der Waals surface area contributed by atoms with Gasteiger partial charge in [0.15, 0.2) is 12.2 Å². The summed E-state index contributed by atoms with van der Waals surface area (Å²) >= 11 is 0. The molecule has 0 radical (unpaired) electrons. The van der Waals surface area contributed by atoms with Crippen LogP contribution >= 0.6 is 15.6 Å². The third-order valence-corrected chi connectivity index (χ3v) is 19.2. The number of aliphatic hydroxyl groups excluding tert-OH is 1. The van der Waals surface area contributed by atoms with Crippen LogP contribution in [-0.4, -0.2) is 96.7 Å². The quantitative estimate of drug-likeness (QED) is 0.0169. The van der Waals surface area contributed by atoms with Crippen LogP contribution < -0.4 is 0 Å². The molecule has 0 aromatic carbocycles. The zero-order valence-corrected chi connectivity index (χ0v) is 64.5. The van der Waals surface area contributed by atoms with Gasteiger partial charge in [-0.25, -0.2) is 9.13 Å². The molecule has 5 atom stereocenters. The Morgan fingerprint density at radius 1 is 0.296 bits per heavy atom. The van der Waals surface area contributed by atoms with E-state index in [0.717, 1.165) is 141 Å². The van der Waals surface area contributed by atoms with Gasteiger partial charge in [-0.1, -0.05) is 314 Å². The second-order valence-electron chi connectivity index (χ2n) is 27.0. The number of aliphatic hydroxyl groups is 1. The first-order chi connectivity index (χ1) is 47.7. The van der Waals surface area contributed by atoms with E-state index < -0.39 is 97.5 Å². The van der Waals surface area contributed by atoms with Gasteiger partial charge < -0.3 is 33.8 Å². The predicted octanol–water partition coefficient (Wildman–Crippen LogP) is 22.9. The van der Waals surface area contributed by atoms with Gasteiger partial charge in [0.25, 0.3) is 0 Å². The van der Waals surface area contributed by atoms with Gasteiger partial charge in [0.1, 0.15) is 19.3 Å². The number of esters is 4. The van der Waals surface area contributed by atoms with Gasteiger partial charge in [-0.05, 0) is 83.5 Å². The number of allylic oxidation sites excluding steroid dienone is 8. The first-order valence-corrected chi connectivity index (χ1v) is 42.9. The van der Waals surface area contributed by atoms with Gasteiger partial charge in [-0.15, -0.1) is 0 Å². The molecule has 0 aromatic rings. The molecule has 0 saturated heterocycles. The summed E-state index contributed by atoms with van der Waals surface area (Å²) in [7, 11) is -9.94. The normalized spacial score (nSPS) is 14.2. The van der Waals surface area contributed by atoms with E-state index in [2.05, 4.69) is 76.3 Å². The second-order valence-corrected chi connectivity index (χ2v) is 29.9. The molecule has 0 amide bonds. The fourth-order valence-corrected chi connectivity index (χ4v) is 12.8. The highest BCUT2D eigenvalue weighted by molar-refractivity contribution is 7.47. The average Bonchev–Trinajstić information content (AvgIpc) is 1.04. The Morgan fingerprint density at radius 3 is 0.827 bits per heavy atom. The lowest BCUT2D eigenvalue weighted by Gasteiger charge is -2.21. The van der Waals surface area contributed by atoms with Crippen LogP contribution in [0.5, 0.6) is 0 Å². The molecule has 574 valence electrons. The summed E-state index contributed by atoms with van der Waals surface area (Å²) < 4.78 is 68.6. The van der Waals surface area contributed by atoms with Crippen molar-refractivity contribution in [3.05, 3.63) is 48.6 Å². The molecular weight excluding hydrogens is 1280 g/mol. The molecule has 17 nitrogen and oxygen atoms in total. The van der Waals surface area contributed by atoms with Crippen LogP contribution in [0.25, 0.3) is 0 Å². The van der Waals surface area contributed by atoms with Gasteiger partial charge in [0, 0.05) is 25.7 Å². The summed E-state index contributed by atoms with van der Waals surface area (Å²) in [6.07, 6.45) is 69.4. The molecule has 5 unspecified atom stereocenters. The number of unbranched alkanes of at least 4 members (excludes halogenated alkanes) is 42. The average molecular weight is 1430 g/mol. The summed E-state index contributed by atoms with van der Waals surface area (Å²) in [5.74, 6) is -2.16. The Balaban J connectivity index is 5.32. The maximum atomic E-state index is 13.1. The fraction of sp³-hybridized carbons (Fsp3) is 0.848. The van der Waals surface area contributed by atoms with Crippen molar-refractivity contribution in [2.45, 2.75) is 393 Å². The van der Waals surface area contributed by atoms with Crippen molar-refractivity contribution in [2.24, 2.45) is 0 Å². The van der Waals surface area contributed by atoms with Crippen LogP contribution in [0, 0.1) is 0 Å². The van der Waals surface area contributed by atoms with E-state index in [0.29, 0.717) is 25.7 Å². The van der Waals surface area contributed by atoms with Crippen LogP contribution in [0.1, 0.15) is 374 Å². The van der Waals surface area contributed by atoms with E-state index in [1.54, 1.807) is 0 Å². The lowest BCUT2D eigenvalue weighted by atomic mass is 10.0. The largest absolute Gasteiger partial charge is 0.472 e. The van der Waals surface area contributed by atoms with Crippen LogP contribution in [0.3, 0.4) is 0 Å². The zero-order chi connectivity index (χ0) is 71.8. The molecule has 19 heteroatoms. The number of carbonyl (C=O) groups excluding carboxylic acids is 4. The standard InChI is InChI=1S/C79H146O17P2/c1-5-9-13-17-21-25-29-33-36-40-43-47-51-55-59-63-76(81)89-69-74(95-78(83)65-61-57-53-49-45-39-32-28-24-20-16-12-8-4)71-93-97(85,86)91-67-73(80)68-92-98(87,88)94-72-75(96-79(84)66-62-58-54-50-46-42-38-35-31-27-23-19-15-11-7-3)70-90-77(82)64-60-56-52-48-44-41-37-34-30-26-22-18-14-10-6-2/h10,14,22,26,33-34,36-37,73-75,80H,5-9,11-13,15-21,23-25,27-32,35,38-72H2,1-4H3,(H,85,86)(H,87,88)/b14-10-,26-22-,36-33-,37-34-. The highest BCUT2D eigenvalue weighted by atomic mass is 31.2. The van der Waals surface area contributed by atoms with Crippen LogP contribution in [0.2, 0.25) is 0 Å². The van der Waals surface area contributed by atoms with Gasteiger partial charge >= 0.3 is 39.5 Å². The minimum Gasteiger partial charge on any atom is -0.462 e. The smallest absolute Gasteiger partial charge is 0.462 e. The van der Waals surface area contributed by atoms with Gasteiger partial charge in [0.05, 0.1) is 26.4 Å². The molecule has 0 aliphatic carbocycles. The summed E-state index contributed by atoms with van der Waals surface area (Å²) in [6, 6.07) is 0. The van der Waals surface area contributed by atoms with E-state index in [1.807, 2.05) is 0 Å². The van der Waals surface area contributed by atoms with Crippen molar-refractivity contribution in [3.8, 4) is 0 Å². The Labute approximate surface area is 597 Å². The maximum Gasteiger partial charge on any atom is 0.472 e. The number of carbonyl (C=O) groups is 4. The minimum atomic E-state index is -4.97. The van der Waals surface area contributed by atoms with Crippen LogP contribution in [0.4, 0.5) is 0 Å². The molecule has 0 bridgehead atoms. The zero-order valence-electron chi connectivity index (χ0n) is 62.7. The van der Waals surface area contributed by atoms with Crippen molar-refractivity contribution >= 4 is 39.5 Å². The highest BCUT2D eigenvalue weighted by Crippen LogP contribution is 2.45. The van der Waals surface area contributed by atoms with Gasteiger partial charge in [-0.3, -0.25) is 37.3 Å². The van der Waals surface area contributed by atoms with E-state index >= 15 is 0 Å². The monoisotopic (exact) mass is 1430 g/mol. The Morgan fingerprint density at radius 2 is 0.531 bits per heavy atom. The molecule has 0 aromatic heterocycles. The van der Waals surface area contributed by atoms with Crippen LogP contribution in [-0.2, 0) is 65.4 Å². The fourth-order valence-electron chi connectivity index (χ4n) is 11.2. The van der Waals surface area contributed by atoms with Crippen molar-refractivity contribution in [2.75, 3.05) is 39.6 Å². The SMILES string of the molecule is CC/C=C\C/C=C\C/C=C\CCCCCCCC(=O)OCC(COP(=O)(O)OCC(O)COP(=O)(O)OCC(COC(=O)CCCCCCC/C=C\CCCCCCCC)OC(=O)CCCCCCCCCCCCCCC)OC(=O)CCCCCCCCCCCCCCCCC. The number of phosphoric acid groups is 2. The van der Waals surface area contributed by atoms with Crippen molar-refractivity contribution in [1.29, 1.82) is 0 Å². The summed E-state index contributed by atoms with van der Waals surface area (Å²) in [6.45, 7) is 4.82. The van der Waals surface area contributed by atoms with Gasteiger partial charge in [-0.2, -0.15) is 0 Å². The molecule has 0 saturated carbocycles. The first-order valence-electron chi connectivity index (χ1n) is 39.9. The Hall–Kier alpha value is -2.98. The Bertz CT molecular complexity index is 2050. The molecule has 0 aliphatic heterocycles. The summed E-state index contributed by atoms with van der Waals surface area (Å²) in [5, 5.41) is 10.6. The minimum absolute atomic E-state index is 0.0987. The molecule has 0 spiro atoms. The molecule has 0 heterocycles. The van der Waals surface area contributed by atoms with E-state index in [-0.39, 0.29) is 25.7 Å². The molecule has 98 heavy (non-hydrogen) atoms. The first kappa shape index (κ1) is 95.0. The van der Waals surface area contributed by atoms with E-state index in [9.17, 15) is 43.2 Å². The number of hydrogen-bond acceptors (Lipinski definition) is 15. The van der Waals surface area contributed by atoms with Crippen LogP contribution in [0.15, 0.2) is 48.6 Å². The maximum absolute atomic E-state index is 13.1. The lowest BCUT2D eigenvalue weighted by molar-refractivity contribution is -0.161.